The number of allylic oxidation sites excluding steroid dienone is 1. The van der Waals surface area contributed by atoms with Gasteiger partial charge in [-0.3, -0.25) is 9.59 Å². The van der Waals surface area contributed by atoms with Crippen LogP contribution in [-0.4, -0.2) is 40.9 Å². The van der Waals surface area contributed by atoms with E-state index in [9.17, 15) is 9.59 Å². The van der Waals surface area contributed by atoms with Crippen LogP contribution in [0.25, 0.3) is 0 Å². The number of aldehydes is 1. The Morgan fingerprint density at radius 3 is 2.15 bits per heavy atom. The molecule has 0 bridgehead atoms. The van der Waals surface area contributed by atoms with Gasteiger partial charge in [-0.15, -0.1) is 0 Å². The van der Waals surface area contributed by atoms with Crippen LogP contribution in [0.1, 0.15) is 47.5 Å². The lowest BCUT2D eigenvalue weighted by molar-refractivity contribution is -0.147. The SMILES string of the molecule is CC(=O)[C@]1(C)CCC=C(CO[Si](C)(C)C(C)(C)C)[C@@]1(C=O)O[Si](C)(C)C. The van der Waals surface area contributed by atoms with Crippen LogP contribution in [0.3, 0.4) is 0 Å². The first kappa shape index (κ1) is 23.5. The Hall–Kier alpha value is -0.566. The first-order valence-corrected chi connectivity index (χ1v) is 15.9. The molecule has 1 aliphatic rings. The zero-order valence-corrected chi connectivity index (χ0v) is 20.4. The molecule has 0 aromatic carbocycles. The van der Waals surface area contributed by atoms with E-state index in [4.69, 9.17) is 8.85 Å². The van der Waals surface area contributed by atoms with Crippen molar-refractivity contribution < 1.29 is 18.4 Å². The lowest BCUT2D eigenvalue weighted by Gasteiger charge is -2.50. The number of hydrogen-bond acceptors (Lipinski definition) is 4. The van der Waals surface area contributed by atoms with Gasteiger partial charge in [0, 0.05) is 0 Å². The van der Waals surface area contributed by atoms with Gasteiger partial charge in [-0.2, -0.15) is 0 Å². The van der Waals surface area contributed by atoms with E-state index in [0.29, 0.717) is 13.0 Å². The molecule has 0 heterocycles. The highest BCUT2D eigenvalue weighted by atomic mass is 28.4. The Bertz CT molecular complexity index is 584. The maximum Gasteiger partial charge on any atom is 0.192 e. The summed E-state index contributed by atoms with van der Waals surface area (Å²) < 4.78 is 12.9. The van der Waals surface area contributed by atoms with Gasteiger partial charge in [0.25, 0.3) is 0 Å². The maximum atomic E-state index is 12.6. The van der Waals surface area contributed by atoms with Crippen LogP contribution in [0.4, 0.5) is 0 Å². The fourth-order valence-corrected chi connectivity index (χ4v) is 5.52. The minimum atomic E-state index is -2.09. The van der Waals surface area contributed by atoms with Crippen LogP contribution in [-0.2, 0) is 18.4 Å². The molecule has 0 amide bonds. The van der Waals surface area contributed by atoms with E-state index in [1.165, 1.54) is 0 Å². The molecular formula is C20H38O4Si2. The number of rotatable bonds is 7. The third kappa shape index (κ3) is 4.46. The number of carbonyl (C=O) groups excluding carboxylic acids is 2. The number of ketones is 1. The number of carbonyl (C=O) groups is 2. The second kappa shape index (κ2) is 7.45. The largest absolute Gasteiger partial charge is 0.413 e. The van der Waals surface area contributed by atoms with Gasteiger partial charge >= 0.3 is 0 Å². The van der Waals surface area contributed by atoms with Crippen LogP contribution in [0.2, 0.25) is 37.8 Å². The van der Waals surface area contributed by atoms with Gasteiger partial charge in [0.15, 0.2) is 22.9 Å². The maximum absolute atomic E-state index is 12.6. The minimum Gasteiger partial charge on any atom is -0.413 e. The predicted molar refractivity (Wildman–Crippen MR) is 112 cm³/mol. The van der Waals surface area contributed by atoms with E-state index in [0.717, 1.165) is 18.3 Å². The van der Waals surface area contributed by atoms with Crippen LogP contribution >= 0.6 is 0 Å². The first-order chi connectivity index (χ1) is 11.5. The molecule has 150 valence electrons. The van der Waals surface area contributed by atoms with E-state index < -0.39 is 27.7 Å². The quantitative estimate of drug-likeness (QED) is 0.339. The fourth-order valence-electron chi connectivity index (χ4n) is 3.20. The summed E-state index contributed by atoms with van der Waals surface area (Å²) in [7, 11) is -4.08. The molecule has 0 aromatic heterocycles. The smallest absolute Gasteiger partial charge is 0.192 e. The molecule has 0 spiro atoms. The van der Waals surface area contributed by atoms with Crippen LogP contribution in [0.5, 0.6) is 0 Å². The average Bonchev–Trinajstić information content (AvgIpc) is 2.45. The topological polar surface area (TPSA) is 52.6 Å². The molecule has 0 saturated heterocycles. The summed E-state index contributed by atoms with van der Waals surface area (Å²) in [6, 6.07) is 0. The molecule has 4 nitrogen and oxygen atoms in total. The standard InChI is InChI=1S/C20H38O4Si2/c1-16(22)19(5)13-11-12-17(14-23-26(9,10)18(2,3)4)20(19,15-21)24-25(6,7)8/h12,15H,11,13-14H2,1-10H3/t19-,20+/m0/s1. The monoisotopic (exact) mass is 398 g/mol. The zero-order chi connectivity index (χ0) is 20.6. The van der Waals surface area contributed by atoms with E-state index >= 15 is 0 Å². The summed E-state index contributed by atoms with van der Waals surface area (Å²) in [5.41, 5.74) is -1.25. The van der Waals surface area contributed by atoms with Gasteiger partial charge in [0.05, 0.1) is 12.0 Å². The second-order valence-corrected chi connectivity index (χ2v) is 19.5. The molecule has 2 atom stereocenters. The van der Waals surface area contributed by atoms with Crippen molar-refractivity contribution in [1.82, 2.24) is 0 Å². The van der Waals surface area contributed by atoms with Gasteiger partial charge in [-0.05, 0) is 70.0 Å². The van der Waals surface area contributed by atoms with Crippen LogP contribution in [0, 0.1) is 5.41 Å². The lowest BCUT2D eigenvalue weighted by atomic mass is 9.62. The summed E-state index contributed by atoms with van der Waals surface area (Å²) in [4.78, 5) is 25.1. The second-order valence-electron chi connectivity index (χ2n) is 10.3. The van der Waals surface area contributed by atoms with Crippen molar-refractivity contribution in [3.63, 3.8) is 0 Å². The van der Waals surface area contributed by atoms with Crippen LogP contribution < -0.4 is 0 Å². The molecule has 26 heavy (non-hydrogen) atoms. The molecule has 0 saturated carbocycles. The van der Waals surface area contributed by atoms with Crippen LogP contribution in [0.15, 0.2) is 11.6 Å². The van der Waals surface area contributed by atoms with Crippen molar-refractivity contribution in [2.75, 3.05) is 6.61 Å². The van der Waals surface area contributed by atoms with Gasteiger partial charge in [-0.1, -0.05) is 26.8 Å². The van der Waals surface area contributed by atoms with Crippen molar-refractivity contribution >= 4 is 28.7 Å². The van der Waals surface area contributed by atoms with Gasteiger partial charge in [0.2, 0.25) is 0 Å². The third-order valence-corrected chi connectivity index (χ3v) is 11.5. The molecule has 1 aliphatic carbocycles. The van der Waals surface area contributed by atoms with Gasteiger partial charge < -0.3 is 8.85 Å². The zero-order valence-electron chi connectivity index (χ0n) is 18.4. The van der Waals surface area contributed by atoms with E-state index in [1.54, 1.807) is 6.92 Å². The average molecular weight is 399 g/mol. The highest BCUT2D eigenvalue weighted by molar-refractivity contribution is 6.74. The number of hydrogen-bond donors (Lipinski definition) is 0. The molecule has 6 heteroatoms. The molecule has 0 fully saturated rings. The molecule has 0 N–H and O–H groups in total. The lowest BCUT2D eigenvalue weighted by Crippen LogP contribution is -2.61. The Morgan fingerprint density at radius 2 is 1.77 bits per heavy atom. The molecule has 0 aliphatic heterocycles. The molecular weight excluding hydrogens is 360 g/mol. The highest BCUT2D eigenvalue weighted by Gasteiger charge is 2.57. The third-order valence-electron chi connectivity index (χ3n) is 6.14. The van der Waals surface area contributed by atoms with Crippen molar-refractivity contribution in [1.29, 1.82) is 0 Å². The Kier molecular flexibility index (Phi) is 6.73. The summed E-state index contributed by atoms with van der Waals surface area (Å²) in [5.74, 6) is 0.000719. The summed E-state index contributed by atoms with van der Waals surface area (Å²) >= 11 is 0. The number of Topliss-reactive ketones (excluding diaryl/α,β-unsaturated/α-hetero) is 1. The summed E-state index contributed by atoms with van der Waals surface area (Å²) in [6.45, 7) is 20.9. The summed E-state index contributed by atoms with van der Waals surface area (Å²) in [5, 5.41) is 0.0789. The summed E-state index contributed by atoms with van der Waals surface area (Å²) in [6.07, 6.45) is 4.31. The van der Waals surface area contributed by atoms with Crippen molar-refractivity contribution in [2.24, 2.45) is 5.41 Å². The fraction of sp³-hybridized carbons (Fsp3) is 0.800. The van der Waals surface area contributed by atoms with Gasteiger partial charge in [-0.25, -0.2) is 0 Å². The minimum absolute atomic E-state index is 0.000719. The predicted octanol–water partition coefficient (Wildman–Crippen LogP) is 5.11. The Labute approximate surface area is 162 Å². The van der Waals surface area contributed by atoms with Crippen molar-refractivity contribution in [2.45, 2.75) is 90.8 Å². The molecule has 1 rings (SSSR count). The Morgan fingerprint density at radius 1 is 1.23 bits per heavy atom. The van der Waals surface area contributed by atoms with Gasteiger partial charge in [0.1, 0.15) is 11.4 Å². The molecule has 0 unspecified atom stereocenters. The highest BCUT2D eigenvalue weighted by Crippen LogP contribution is 2.49. The van der Waals surface area contributed by atoms with E-state index in [-0.39, 0.29) is 10.8 Å². The normalized spacial score (nSPS) is 27.8. The van der Waals surface area contributed by atoms with E-state index in [1.807, 2.05) is 6.92 Å². The first-order valence-electron chi connectivity index (χ1n) is 9.53. The molecule has 0 aromatic rings. The van der Waals surface area contributed by atoms with Crippen molar-refractivity contribution in [3.8, 4) is 0 Å². The van der Waals surface area contributed by atoms with Crippen molar-refractivity contribution in [3.05, 3.63) is 11.6 Å². The Balaban J connectivity index is 3.37. The molecule has 0 radical (unpaired) electrons. The van der Waals surface area contributed by atoms with E-state index in [2.05, 4.69) is 59.6 Å².